The molecule has 1 aromatic carbocycles. The van der Waals surface area contributed by atoms with E-state index in [1.165, 1.54) is 7.11 Å². The number of carbonyl (C=O) groups excluding carboxylic acids is 4. The molecule has 5 atom stereocenters. The average Bonchev–Trinajstić information content (AvgIpc) is 2.95. The summed E-state index contributed by atoms with van der Waals surface area (Å²) in [7, 11) is -1.13. The highest BCUT2D eigenvalue weighted by atomic mass is 28.4. The molecule has 274 valence electrons. The smallest absolute Gasteiger partial charge is 0.407 e. The first-order valence-corrected chi connectivity index (χ1v) is 20.3. The fourth-order valence-electron chi connectivity index (χ4n) is 5.11. The molecule has 0 aliphatic rings. The van der Waals surface area contributed by atoms with E-state index in [0.717, 1.165) is 12.0 Å². The molecule has 0 aromatic heterocycles. The van der Waals surface area contributed by atoms with Gasteiger partial charge in [0.1, 0.15) is 17.7 Å². The number of hydrogen-bond acceptors (Lipinski definition) is 7. The summed E-state index contributed by atoms with van der Waals surface area (Å²) in [6.45, 7) is 25.6. The lowest BCUT2D eigenvalue weighted by molar-refractivity contribution is -0.147. The summed E-state index contributed by atoms with van der Waals surface area (Å²) in [5.41, 5.74) is 0.317. The highest BCUT2D eigenvalue weighted by Gasteiger charge is 2.43. The van der Waals surface area contributed by atoms with Crippen LogP contribution in [0.1, 0.15) is 101 Å². The van der Waals surface area contributed by atoms with Gasteiger partial charge in [0, 0.05) is 5.92 Å². The standard InChI is InChI=1S/C37H65N3O7Si/c1-15-19-27(32(41)39-30(24(2)3)33(42)40-31(25(4)5)34(43)45-12)23-29(47-48(13,14)37(9,10)11)28(22-26-20-17-16-18-21-26)38-35(44)46-36(6,7)8/h16-18,20-21,24-25,27-31H,15,19,22-23H2,1-14H3,(H,38,44)(H,39,41)(H,40,42)/t27?,28-,29-,30+,31?/m0/s1. The van der Waals surface area contributed by atoms with Gasteiger partial charge in [-0.25, -0.2) is 9.59 Å². The molecule has 0 saturated carbocycles. The van der Waals surface area contributed by atoms with Crippen molar-refractivity contribution in [3.8, 4) is 0 Å². The zero-order valence-corrected chi connectivity index (χ0v) is 33.1. The summed E-state index contributed by atoms with van der Waals surface area (Å²) in [5, 5.41) is 8.76. The Labute approximate surface area is 291 Å². The number of ether oxygens (including phenoxy) is 2. The maximum Gasteiger partial charge on any atom is 0.407 e. The minimum absolute atomic E-state index is 0.135. The molecular formula is C37H65N3O7Si. The normalized spacial score (nSPS) is 15.6. The van der Waals surface area contributed by atoms with Crippen molar-refractivity contribution >= 4 is 32.2 Å². The van der Waals surface area contributed by atoms with Crippen LogP contribution >= 0.6 is 0 Å². The van der Waals surface area contributed by atoms with Gasteiger partial charge in [-0.1, -0.05) is 92.1 Å². The van der Waals surface area contributed by atoms with Crippen molar-refractivity contribution in [1.82, 2.24) is 16.0 Å². The molecule has 0 radical (unpaired) electrons. The monoisotopic (exact) mass is 691 g/mol. The second kappa shape index (κ2) is 18.7. The summed E-state index contributed by atoms with van der Waals surface area (Å²) in [6, 6.07) is 7.66. The second-order valence-electron chi connectivity index (χ2n) is 16.1. The van der Waals surface area contributed by atoms with Crippen LogP contribution in [0.5, 0.6) is 0 Å². The third-order valence-electron chi connectivity index (χ3n) is 8.89. The van der Waals surface area contributed by atoms with E-state index >= 15 is 0 Å². The molecule has 1 aromatic rings. The predicted molar refractivity (Wildman–Crippen MR) is 194 cm³/mol. The quantitative estimate of drug-likeness (QED) is 0.121. The van der Waals surface area contributed by atoms with Crippen LogP contribution in [0.25, 0.3) is 0 Å². The molecule has 3 N–H and O–H groups in total. The summed E-state index contributed by atoms with van der Waals surface area (Å²) in [5.74, 6) is -2.22. The average molecular weight is 692 g/mol. The highest BCUT2D eigenvalue weighted by Crippen LogP contribution is 2.39. The van der Waals surface area contributed by atoms with E-state index in [2.05, 4.69) is 49.8 Å². The van der Waals surface area contributed by atoms with Gasteiger partial charge < -0.3 is 29.9 Å². The van der Waals surface area contributed by atoms with E-state index in [0.29, 0.717) is 19.3 Å². The van der Waals surface area contributed by atoms with Crippen LogP contribution in [0.15, 0.2) is 30.3 Å². The maximum atomic E-state index is 14.1. The Morgan fingerprint density at radius 2 is 1.35 bits per heavy atom. The van der Waals surface area contributed by atoms with Crippen molar-refractivity contribution in [2.75, 3.05) is 7.11 Å². The molecule has 48 heavy (non-hydrogen) atoms. The van der Waals surface area contributed by atoms with Crippen LogP contribution in [-0.4, -0.2) is 69.1 Å². The van der Waals surface area contributed by atoms with Gasteiger partial charge in [-0.2, -0.15) is 0 Å². The van der Waals surface area contributed by atoms with Gasteiger partial charge in [-0.05, 0) is 75.6 Å². The Hall–Kier alpha value is -2.92. The first-order valence-electron chi connectivity index (χ1n) is 17.4. The SMILES string of the molecule is CCCC(C[C@H](O[Si](C)(C)C(C)(C)C)[C@H](Cc1ccccc1)NC(=O)OC(C)(C)C)C(=O)N[C@@H](C(=O)NC(C(=O)OC)C(C)C)C(C)C. The summed E-state index contributed by atoms with van der Waals surface area (Å²) in [4.78, 5) is 53.2. The molecule has 0 aliphatic carbocycles. The van der Waals surface area contributed by atoms with Gasteiger partial charge >= 0.3 is 12.1 Å². The third-order valence-corrected chi connectivity index (χ3v) is 13.4. The van der Waals surface area contributed by atoms with E-state index in [-0.39, 0.29) is 22.8 Å². The lowest BCUT2D eigenvalue weighted by Crippen LogP contribution is -2.57. The largest absolute Gasteiger partial charge is 0.467 e. The van der Waals surface area contributed by atoms with Crippen molar-refractivity contribution < 1.29 is 33.1 Å². The number of benzene rings is 1. The fourth-order valence-corrected chi connectivity index (χ4v) is 6.48. The molecular weight excluding hydrogens is 627 g/mol. The van der Waals surface area contributed by atoms with Gasteiger partial charge in [0.25, 0.3) is 0 Å². The van der Waals surface area contributed by atoms with Crippen molar-refractivity contribution in [3.63, 3.8) is 0 Å². The zero-order valence-electron chi connectivity index (χ0n) is 32.1. The number of hydrogen-bond donors (Lipinski definition) is 3. The van der Waals surface area contributed by atoms with Gasteiger partial charge in [0.05, 0.1) is 19.3 Å². The number of nitrogens with one attached hydrogen (secondary N) is 3. The first kappa shape index (κ1) is 43.1. The van der Waals surface area contributed by atoms with Crippen LogP contribution in [0, 0.1) is 17.8 Å². The van der Waals surface area contributed by atoms with E-state index in [1.807, 2.05) is 85.7 Å². The molecule has 0 aliphatic heterocycles. The van der Waals surface area contributed by atoms with Gasteiger partial charge in [0.2, 0.25) is 11.8 Å². The molecule has 0 saturated heterocycles. The van der Waals surface area contributed by atoms with Crippen molar-refractivity contribution in [2.45, 2.75) is 150 Å². The van der Waals surface area contributed by atoms with Crippen LogP contribution in [0.2, 0.25) is 18.1 Å². The molecule has 1 rings (SSSR count). The molecule has 2 unspecified atom stereocenters. The number of alkyl carbamates (subject to hydrolysis) is 1. The minimum Gasteiger partial charge on any atom is -0.467 e. The van der Waals surface area contributed by atoms with Crippen LogP contribution < -0.4 is 16.0 Å². The fraction of sp³-hybridized carbons (Fsp3) is 0.730. The van der Waals surface area contributed by atoms with E-state index in [4.69, 9.17) is 13.9 Å². The van der Waals surface area contributed by atoms with Crippen LogP contribution in [0.4, 0.5) is 4.79 Å². The Morgan fingerprint density at radius 3 is 1.81 bits per heavy atom. The topological polar surface area (TPSA) is 132 Å². The van der Waals surface area contributed by atoms with E-state index in [9.17, 15) is 19.2 Å². The number of carbonyl (C=O) groups is 4. The first-order chi connectivity index (χ1) is 22.0. The molecule has 0 heterocycles. The predicted octanol–water partition coefficient (Wildman–Crippen LogP) is 6.77. The third kappa shape index (κ3) is 14.3. The second-order valence-corrected chi connectivity index (χ2v) is 20.8. The van der Waals surface area contributed by atoms with Crippen molar-refractivity contribution in [1.29, 1.82) is 0 Å². The molecule has 10 nitrogen and oxygen atoms in total. The Balaban J connectivity index is 3.55. The number of esters is 1. The Bertz CT molecular complexity index is 1180. The molecule has 11 heteroatoms. The molecule has 0 fully saturated rings. The van der Waals surface area contributed by atoms with E-state index < -0.39 is 62.0 Å². The Morgan fingerprint density at radius 1 is 0.812 bits per heavy atom. The van der Waals surface area contributed by atoms with Crippen molar-refractivity contribution in [2.24, 2.45) is 17.8 Å². The van der Waals surface area contributed by atoms with Gasteiger partial charge in [0.15, 0.2) is 8.32 Å². The molecule has 3 amide bonds. The van der Waals surface area contributed by atoms with Crippen LogP contribution in [-0.2, 0) is 34.7 Å². The lowest BCUT2D eigenvalue weighted by atomic mass is 9.89. The molecule has 0 spiro atoms. The zero-order chi connectivity index (χ0) is 37.0. The van der Waals surface area contributed by atoms with Gasteiger partial charge in [-0.15, -0.1) is 0 Å². The van der Waals surface area contributed by atoms with E-state index in [1.54, 1.807) is 0 Å². The number of methoxy groups -OCH3 is 1. The molecule has 0 bridgehead atoms. The van der Waals surface area contributed by atoms with Crippen molar-refractivity contribution in [3.05, 3.63) is 35.9 Å². The number of rotatable bonds is 17. The minimum atomic E-state index is -2.41. The van der Waals surface area contributed by atoms with Gasteiger partial charge in [-0.3, -0.25) is 9.59 Å². The number of amides is 3. The summed E-state index contributed by atoms with van der Waals surface area (Å²) >= 11 is 0. The maximum absolute atomic E-state index is 14.1. The van der Waals surface area contributed by atoms with Crippen LogP contribution in [0.3, 0.4) is 0 Å². The highest BCUT2D eigenvalue weighted by molar-refractivity contribution is 6.74. The lowest BCUT2D eigenvalue weighted by Gasteiger charge is -2.42. The summed E-state index contributed by atoms with van der Waals surface area (Å²) in [6.07, 6.45) is 0.993. The Kier molecular flexibility index (Phi) is 16.8. The summed E-state index contributed by atoms with van der Waals surface area (Å²) < 4.78 is 17.7.